The van der Waals surface area contributed by atoms with Crippen LogP contribution in [0.4, 0.5) is 5.69 Å². The van der Waals surface area contributed by atoms with E-state index in [1.165, 1.54) is 6.33 Å². The number of fused-ring (bicyclic) bond motifs is 1. The van der Waals surface area contributed by atoms with Crippen molar-refractivity contribution in [3.05, 3.63) is 30.2 Å². The Morgan fingerprint density at radius 1 is 1.18 bits per heavy atom. The van der Waals surface area contributed by atoms with Crippen LogP contribution < -0.4 is 10.2 Å². The first-order chi connectivity index (χ1) is 16.6. The van der Waals surface area contributed by atoms with Gasteiger partial charge < -0.3 is 19.7 Å². The largest absolute Gasteiger partial charge is 0.379 e. The highest BCUT2D eigenvalue weighted by atomic mass is 16.5. The highest BCUT2D eigenvalue weighted by molar-refractivity contribution is 5.95. The second-order valence-corrected chi connectivity index (χ2v) is 9.53. The van der Waals surface area contributed by atoms with Gasteiger partial charge in [-0.15, -0.1) is 0 Å². The van der Waals surface area contributed by atoms with Crippen molar-refractivity contribution in [2.75, 3.05) is 44.3 Å². The first-order valence-electron chi connectivity index (χ1n) is 12.3. The van der Waals surface area contributed by atoms with E-state index in [9.17, 15) is 10.1 Å². The molecule has 9 heteroatoms. The van der Waals surface area contributed by atoms with E-state index in [0.29, 0.717) is 30.2 Å². The summed E-state index contributed by atoms with van der Waals surface area (Å²) in [5.41, 5.74) is 2.07. The lowest BCUT2D eigenvalue weighted by atomic mass is 9.89. The van der Waals surface area contributed by atoms with Crippen molar-refractivity contribution in [3.8, 4) is 6.07 Å². The summed E-state index contributed by atoms with van der Waals surface area (Å²) >= 11 is 0. The SMILES string of the molecule is C[C@@H]1CN(c2ccc(C#N)c3ncncc23)CC(C(=O)NC2CCC(N3CCOCC3)CC2)O1. The van der Waals surface area contributed by atoms with Gasteiger partial charge in [0.15, 0.2) is 6.10 Å². The molecule has 0 spiro atoms. The number of aromatic nitrogens is 2. The predicted octanol–water partition coefficient (Wildman–Crippen LogP) is 1.85. The zero-order valence-corrected chi connectivity index (χ0v) is 19.7. The number of hydrogen-bond acceptors (Lipinski definition) is 8. The van der Waals surface area contributed by atoms with Crippen molar-refractivity contribution in [1.82, 2.24) is 20.2 Å². The van der Waals surface area contributed by atoms with Crippen LogP contribution in [0.5, 0.6) is 0 Å². The Bertz CT molecular complexity index is 1060. The van der Waals surface area contributed by atoms with Crippen molar-refractivity contribution in [1.29, 1.82) is 5.26 Å². The molecule has 3 aliphatic rings. The van der Waals surface area contributed by atoms with Crippen molar-refractivity contribution < 1.29 is 14.3 Å². The van der Waals surface area contributed by atoms with Gasteiger partial charge in [0.2, 0.25) is 0 Å². The topological polar surface area (TPSA) is 104 Å². The third kappa shape index (κ3) is 4.85. The number of morpholine rings is 2. The Morgan fingerprint density at radius 2 is 1.97 bits per heavy atom. The standard InChI is InChI=1S/C25H32N6O3/c1-17-14-31(22-7-2-18(12-26)24-21(22)13-27-16-28-24)15-23(34-17)25(32)29-19-3-5-20(6-4-19)30-8-10-33-11-9-30/h2,7,13,16-17,19-20,23H,3-6,8-11,14-15H2,1H3,(H,29,32)/t17-,19?,20?,23?/m1/s1. The molecule has 34 heavy (non-hydrogen) atoms. The molecule has 1 unspecified atom stereocenters. The molecule has 1 aromatic heterocycles. The van der Waals surface area contributed by atoms with Gasteiger partial charge in [-0.05, 0) is 44.7 Å². The van der Waals surface area contributed by atoms with Crippen LogP contribution in [0.2, 0.25) is 0 Å². The minimum Gasteiger partial charge on any atom is -0.379 e. The van der Waals surface area contributed by atoms with E-state index >= 15 is 0 Å². The van der Waals surface area contributed by atoms with Crippen molar-refractivity contribution in [3.63, 3.8) is 0 Å². The molecular formula is C25H32N6O3. The molecule has 1 N–H and O–H groups in total. The van der Waals surface area contributed by atoms with Gasteiger partial charge in [-0.25, -0.2) is 9.97 Å². The van der Waals surface area contributed by atoms with Gasteiger partial charge in [0, 0.05) is 49.0 Å². The molecule has 1 amide bonds. The molecular weight excluding hydrogens is 432 g/mol. The molecule has 0 bridgehead atoms. The van der Waals surface area contributed by atoms with Gasteiger partial charge >= 0.3 is 0 Å². The average molecular weight is 465 g/mol. The molecule has 2 atom stereocenters. The number of carbonyl (C=O) groups excluding carboxylic acids is 1. The van der Waals surface area contributed by atoms with Crippen LogP contribution in [-0.4, -0.2) is 84.5 Å². The summed E-state index contributed by atoms with van der Waals surface area (Å²) in [5.74, 6) is -0.0411. The number of nitriles is 1. The third-order valence-corrected chi connectivity index (χ3v) is 7.27. The summed E-state index contributed by atoms with van der Waals surface area (Å²) < 4.78 is 11.5. The van der Waals surface area contributed by atoms with Crippen LogP contribution in [0.1, 0.15) is 38.2 Å². The van der Waals surface area contributed by atoms with Crippen molar-refractivity contribution in [2.45, 2.75) is 56.9 Å². The van der Waals surface area contributed by atoms with Crippen LogP contribution >= 0.6 is 0 Å². The Balaban J connectivity index is 1.23. The number of rotatable bonds is 4. The molecule has 5 rings (SSSR count). The van der Waals surface area contributed by atoms with Crippen LogP contribution in [-0.2, 0) is 14.3 Å². The minimum absolute atomic E-state index is 0.0411. The van der Waals surface area contributed by atoms with E-state index in [-0.39, 0.29) is 18.1 Å². The lowest BCUT2D eigenvalue weighted by Crippen LogP contribution is -2.55. The molecule has 0 radical (unpaired) electrons. The Morgan fingerprint density at radius 3 is 2.74 bits per heavy atom. The minimum atomic E-state index is -0.545. The lowest BCUT2D eigenvalue weighted by Gasteiger charge is -2.40. The van der Waals surface area contributed by atoms with E-state index in [1.807, 2.05) is 13.0 Å². The highest BCUT2D eigenvalue weighted by Gasteiger charge is 2.34. The summed E-state index contributed by atoms with van der Waals surface area (Å²) in [5, 5.41) is 13.5. The zero-order chi connectivity index (χ0) is 23.5. The molecule has 2 aliphatic heterocycles. The molecule has 3 heterocycles. The normalized spacial score (nSPS) is 28.4. The van der Waals surface area contributed by atoms with Crippen LogP contribution in [0.15, 0.2) is 24.7 Å². The number of benzene rings is 1. The fourth-order valence-electron chi connectivity index (χ4n) is 5.54. The van der Waals surface area contributed by atoms with E-state index in [1.54, 1.807) is 12.3 Å². The quantitative estimate of drug-likeness (QED) is 0.731. The smallest absolute Gasteiger partial charge is 0.251 e. The summed E-state index contributed by atoms with van der Waals surface area (Å²) in [4.78, 5) is 26.4. The van der Waals surface area contributed by atoms with Gasteiger partial charge in [-0.1, -0.05) is 0 Å². The monoisotopic (exact) mass is 464 g/mol. The second kappa shape index (κ2) is 10.2. The summed E-state index contributed by atoms with van der Waals surface area (Å²) in [6.07, 6.45) is 6.76. The molecule has 1 saturated carbocycles. The third-order valence-electron chi connectivity index (χ3n) is 7.27. The molecule has 1 aliphatic carbocycles. The molecule has 2 aromatic rings. The van der Waals surface area contributed by atoms with E-state index < -0.39 is 6.10 Å². The predicted molar refractivity (Wildman–Crippen MR) is 127 cm³/mol. The fraction of sp³-hybridized carbons (Fsp3) is 0.600. The Hall–Kier alpha value is -2.80. The molecule has 1 aromatic carbocycles. The number of amides is 1. The molecule has 2 saturated heterocycles. The lowest BCUT2D eigenvalue weighted by molar-refractivity contribution is -0.138. The molecule has 3 fully saturated rings. The number of carbonyl (C=O) groups is 1. The van der Waals surface area contributed by atoms with Gasteiger partial charge in [0.1, 0.15) is 12.4 Å². The Kier molecular flexibility index (Phi) is 6.90. The maximum Gasteiger partial charge on any atom is 0.251 e. The summed E-state index contributed by atoms with van der Waals surface area (Å²) in [6.45, 7) is 6.78. The first kappa shape index (κ1) is 23.0. The summed E-state index contributed by atoms with van der Waals surface area (Å²) in [7, 11) is 0. The second-order valence-electron chi connectivity index (χ2n) is 9.53. The van der Waals surface area contributed by atoms with E-state index in [2.05, 4.69) is 31.2 Å². The molecule has 180 valence electrons. The van der Waals surface area contributed by atoms with Gasteiger partial charge in [-0.2, -0.15) is 5.26 Å². The van der Waals surface area contributed by atoms with Crippen LogP contribution in [0.25, 0.3) is 10.9 Å². The van der Waals surface area contributed by atoms with E-state index in [4.69, 9.17) is 9.47 Å². The van der Waals surface area contributed by atoms with Gasteiger partial charge in [0.05, 0.1) is 36.9 Å². The summed E-state index contributed by atoms with van der Waals surface area (Å²) in [6, 6.07) is 6.70. The molecule has 9 nitrogen and oxygen atoms in total. The fourth-order valence-corrected chi connectivity index (χ4v) is 5.54. The van der Waals surface area contributed by atoms with Gasteiger partial charge in [0.25, 0.3) is 5.91 Å². The number of hydrogen-bond donors (Lipinski definition) is 1. The average Bonchev–Trinajstić information content (AvgIpc) is 2.88. The van der Waals surface area contributed by atoms with Crippen molar-refractivity contribution >= 4 is 22.5 Å². The number of nitrogens with one attached hydrogen (secondary N) is 1. The Labute approximate surface area is 200 Å². The number of ether oxygens (including phenoxy) is 2. The van der Waals surface area contributed by atoms with Crippen molar-refractivity contribution in [2.24, 2.45) is 0 Å². The highest BCUT2D eigenvalue weighted by Crippen LogP contribution is 2.30. The van der Waals surface area contributed by atoms with Gasteiger partial charge in [-0.3, -0.25) is 9.69 Å². The zero-order valence-electron chi connectivity index (χ0n) is 19.7. The first-order valence-corrected chi connectivity index (χ1v) is 12.3. The van der Waals surface area contributed by atoms with Crippen LogP contribution in [0, 0.1) is 11.3 Å². The number of nitrogens with zero attached hydrogens (tertiary/aromatic N) is 5. The maximum absolute atomic E-state index is 13.2. The maximum atomic E-state index is 13.2. The number of anilines is 1. The van der Waals surface area contributed by atoms with E-state index in [0.717, 1.165) is 63.1 Å². The van der Waals surface area contributed by atoms with Crippen LogP contribution in [0.3, 0.4) is 0 Å².